The third-order valence-electron chi connectivity index (χ3n) is 3.49. The molecule has 1 heterocycles. The minimum atomic E-state index is -3.60. The van der Waals surface area contributed by atoms with Gasteiger partial charge >= 0.3 is 0 Å². The second-order valence-corrected chi connectivity index (χ2v) is 7.46. The summed E-state index contributed by atoms with van der Waals surface area (Å²) in [6.45, 7) is 2.49. The highest BCUT2D eigenvalue weighted by Crippen LogP contribution is 2.21. The number of para-hydroxylation sites is 1. The van der Waals surface area contributed by atoms with E-state index in [2.05, 4.69) is 26.1 Å². The minimum absolute atomic E-state index is 0.0687. The van der Waals surface area contributed by atoms with E-state index in [4.69, 9.17) is 5.14 Å². The van der Waals surface area contributed by atoms with E-state index in [1.807, 2.05) is 24.3 Å². The summed E-state index contributed by atoms with van der Waals surface area (Å²) in [7, 11) is -3.60. The lowest BCUT2D eigenvalue weighted by Gasteiger charge is -2.32. The van der Waals surface area contributed by atoms with Crippen LogP contribution in [0.3, 0.4) is 0 Å². The highest BCUT2D eigenvalue weighted by molar-refractivity contribution is 9.10. The van der Waals surface area contributed by atoms with Crippen molar-refractivity contribution in [1.29, 1.82) is 0 Å². The van der Waals surface area contributed by atoms with E-state index in [1.54, 1.807) is 0 Å². The van der Waals surface area contributed by atoms with Gasteiger partial charge in [0.15, 0.2) is 0 Å². The van der Waals surface area contributed by atoms with E-state index in [9.17, 15) is 13.2 Å². The van der Waals surface area contributed by atoms with Gasteiger partial charge in [-0.15, -0.1) is 0 Å². The Hall–Kier alpha value is -1.000. The number of halogens is 1. The summed E-state index contributed by atoms with van der Waals surface area (Å²) in [5.41, 5.74) is 0.742. The molecule has 1 saturated heterocycles. The van der Waals surface area contributed by atoms with Crippen LogP contribution >= 0.6 is 15.9 Å². The highest BCUT2D eigenvalue weighted by Gasteiger charge is 2.23. The molecule has 1 aliphatic heterocycles. The van der Waals surface area contributed by atoms with Crippen LogP contribution in [-0.2, 0) is 15.0 Å². The van der Waals surface area contributed by atoms with E-state index >= 15 is 0 Å². The lowest BCUT2D eigenvalue weighted by Crippen LogP contribution is -2.51. The van der Waals surface area contributed by atoms with Crippen molar-refractivity contribution in [3.8, 4) is 0 Å². The molecule has 1 amide bonds. The second-order valence-electron chi connectivity index (χ2n) is 5.06. The number of piperazine rings is 1. The summed E-state index contributed by atoms with van der Waals surface area (Å²) in [6.07, 6.45) is 0.358. The number of benzene rings is 1. The van der Waals surface area contributed by atoms with Crippen LogP contribution < -0.4 is 10.5 Å². The third-order valence-corrected chi connectivity index (χ3v) is 5.27. The Balaban J connectivity index is 1.75. The molecule has 0 radical (unpaired) electrons. The van der Waals surface area contributed by atoms with Crippen LogP contribution in [0.4, 0.5) is 5.69 Å². The molecule has 1 aliphatic rings. The molecular weight excluding hydrogens is 372 g/mol. The molecule has 1 fully saturated rings. The molecule has 0 aromatic heterocycles. The van der Waals surface area contributed by atoms with E-state index in [-0.39, 0.29) is 5.91 Å². The average molecular weight is 391 g/mol. The molecule has 0 saturated carbocycles. The van der Waals surface area contributed by atoms with Crippen molar-refractivity contribution in [3.63, 3.8) is 0 Å². The Kier molecular flexibility index (Phi) is 5.93. The maximum Gasteiger partial charge on any atom is 0.276 e. The maximum atomic E-state index is 11.9. The fourth-order valence-corrected chi connectivity index (χ4v) is 3.30. The third kappa shape index (κ3) is 5.03. The first-order valence-corrected chi connectivity index (χ1v) is 9.20. The predicted molar refractivity (Wildman–Crippen MR) is 88.5 cm³/mol. The molecule has 0 spiro atoms. The molecule has 7 nitrogen and oxygen atoms in total. The van der Waals surface area contributed by atoms with Crippen LogP contribution in [0.25, 0.3) is 0 Å². The molecule has 0 aliphatic carbocycles. The van der Waals surface area contributed by atoms with Gasteiger partial charge in [-0.25, -0.2) is 5.14 Å². The fraction of sp³-hybridized carbons (Fsp3) is 0.462. The monoisotopic (exact) mass is 390 g/mol. The molecule has 3 N–H and O–H groups in total. The molecule has 2 rings (SSSR count). The number of rotatable bonds is 5. The number of carbonyl (C=O) groups excluding carboxylic acids is 1. The van der Waals surface area contributed by atoms with Crippen molar-refractivity contribution in [2.24, 2.45) is 5.14 Å². The van der Waals surface area contributed by atoms with Gasteiger partial charge in [-0.1, -0.05) is 12.1 Å². The summed E-state index contributed by atoms with van der Waals surface area (Å²) in [4.78, 5) is 14.0. The second kappa shape index (κ2) is 7.51. The summed E-state index contributed by atoms with van der Waals surface area (Å²) in [5.74, 6) is -0.0687. The van der Waals surface area contributed by atoms with Gasteiger partial charge in [-0.2, -0.15) is 12.7 Å². The Labute approximate surface area is 138 Å². The standard InChI is InChI=1S/C13H19BrN4O3S/c14-11-3-1-2-4-12(11)16-13(19)5-6-17-7-9-18(10-8-17)22(15,20)21/h1-4H,5-10H2,(H,16,19)(H2,15,20,21). The van der Waals surface area contributed by atoms with Crippen LogP contribution in [0.15, 0.2) is 28.7 Å². The van der Waals surface area contributed by atoms with Gasteiger partial charge in [0.2, 0.25) is 5.91 Å². The zero-order chi connectivity index (χ0) is 16.2. The van der Waals surface area contributed by atoms with Crippen molar-refractivity contribution in [1.82, 2.24) is 9.21 Å². The molecule has 0 bridgehead atoms. The van der Waals surface area contributed by atoms with Gasteiger partial charge < -0.3 is 10.2 Å². The van der Waals surface area contributed by atoms with E-state index < -0.39 is 10.2 Å². The van der Waals surface area contributed by atoms with Gasteiger partial charge in [-0.3, -0.25) is 4.79 Å². The topological polar surface area (TPSA) is 95.7 Å². The zero-order valence-electron chi connectivity index (χ0n) is 12.0. The summed E-state index contributed by atoms with van der Waals surface area (Å²) < 4.78 is 24.5. The van der Waals surface area contributed by atoms with Crippen LogP contribution in [0.2, 0.25) is 0 Å². The fourth-order valence-electron chi connectivity index (χ4n) is 2.24. The van der Waals surface area contributed by atoms with Crippen molar-refractivity contribution in [2.75, 3.05) is 38.0 Å². The van der Waals surface area contributed by atoms with Crippen molar-refractivity contribution < 1.29 is 13.2 Å². The van der Waals surface area contributed by atoms with Gasteiger partial charge in [-0.05, 0) is 28.1 Å². The number of nitrogens with zero attached hydrogens (tertiary/aromatic N) is 2. The first-order valence-electron chi connectivity index (χ1n) is 6.91. The zero-order valence-corrected chi connectivity index (χ0v) is 14.4. The number of hydrogen-bond acceptors (Lipinski definition) is 4. The lowest BCUT2D eigenvalue weighted by atomic mass is 10.3. The van der Waals surface area contributed by atoms with Crippen molar-refractivity contribution in [3.05, 3.63) is 28.7 Å². The normalized spacial score (nSPS) is 17.4. The van der Waals surface area contributed by atoms with Crippen LogP contribution in [0.5, 0.6) is 0 Å². The number of amides is 1. The maximum absolute atomic E-state index is 11.9. The number of nitrogens with one attached hydrogen (secondary N) is 1. The number of nitrogens with two attached hydrogens (primary N) is 1. The first-order chi connectivity index (χ1) is 10.4. The summed E-state index contributed by atoms with van der Waals surface area (Å²) in [6, 6.07) is 7.42. The van der Waals surface area contributed by atoms with E-state index in [0.29, 0.717) is 39.1 Å². The Morgan fingerprint density at radius 2 is 1.86 bits per heavy atom. The largest absolute Gasteiger partial charge is 0.325 e. The highest BCUT2D eigenvalue weighted by atomic mass is 79.9. The molecule has 1 aromatic carbocycles. The number of carbonyl (C=O) groups is 1. The van der Waals surface area contributed by atoms with Crippen LogP contribution in [-0.4, -0.2) is 56.3 Å². The predicted octanol–water partition coefficient (Wildman–Crippen LogP) is 0.599. The number of anilines is 1. The summed E-state index contributed by atoms with van der Waals surface area (Å²) in [5, 5.41) is 7.93. The van der Waals surface area contributed by atoms with Crippen molar-refractivity contribution >= 4 is 37.7 Å². The Bertz CT molecular complexity index is 630. The van der Waals surface area contributed by atoms with Crippen LogP contribution in [0, 0.1) is 0 Å². The first kappa shape index (κ1) is 17.4. The SMILES string of the molecule is NS(=O)(=O)N1CCN(CCC(=O)Nc2ccccc2Br)CC1. The molecule has 0 atom stereocenters. The van der Waals surface area contributed by atoms with Gasteiger partial charge in [0.05, 0.1) is 5.69 Å². The lowest BCUT2D eigenvalue weighted by molar-refractivity contribution is -0.116. The molecular formula is C13H19BrN4O3S. The smallest absolute Gasteiger partial charge is 0.276 e. The minimum Gasteiger partial charge on any atom is -0.325 e. The summed E-state index contributed by atoms with van der Waals surface area (Å²) >= 11 is 3.38. The molecule has 0 unspecified atom stereocenters. The molecule has 9 heteroatoms. The molecule has 122 valence electrons. The van der Waals surface area contributed by atoms with Crippen molar-refractivity contribution in [2.45, 2.75) is 6.42 Å². The molecule has 22 heavy (non-hydrogen) atoms. The Morgan fingerprint density at radius 3 is 2.45 bits per heavy atom. The quantitative estimate of drug-likeness (QED) is 0.769. The van der Waals surface area contributed by atoms with Crippen LogP contribution in [0.1, 0.15) is 6.42 Å². The molecule has 1 aromatic rings. The Morgan fingerprint density at radius 1 is 1.23 bits per heavy atom. The number of hydrogen-bond donors (Lipinski definition) is 2. The average Bonchev–Trinajstić information content (AvgIpc) is 2.47. The van der Waals surface area contributed by atoms with E-state index in [0.717, 1.165) is 10.2 Å². The van der Waals surface area contributed by atoms with E-state index in [1.165, 1.54) is 4.31 Å². The van der Waals surface area contributed by atoms with Gasteiger partial charge in [0.1, 0.15) is 0 Å². The van der Waals surface area contributed by atoms with Gasteiger partial charge in [0, 0.05) is 43.6 Å². The van der Waals surface area contributed by atoms with Gasteiger partial charge in [0.25, 0.3) is 10.2 Å².